The molecule has 0 radical (unpaired) electrons. The number of carboxylic acid groups (broad SMARTS) is 1. The van der Waals surface area contributed by atoms with E-state index in [2.05, 4.69) is 28.6 Å². The number of aromatic carboxylic acids is 1. The fourth-order valence-electron chi connectivity index (χ4n) is 5.86. The number of thioether (sulfide) groups is 1. The zero-order valence-corrected chi connectivity index (χ0v) is 28.4. The lowest BCUT2D eigenvalue weighted by Crippen LogP contribution is -2.38. The minimum atomic E-state index is -1.02. The van der Waals surface area contributed by atoms with Gasteiger partial charge in [0.1, 0.15) is 5.03 Å². The predicted octanol–water partition coefficient (Wildman–Crippen LogP) is 7.52. The Morgan fingerprint density at radius 1 is 0.760 bits per heavy atom. The lowest BCUT2D eigenvalue weighted by atomic mass is 9.91. The molecule has 2 amide bonds. The van der Waals surface area contributed by atoms with E-state index in [9.17, 15) is 19.8 Å². The molecule has 0 spiro atoms. The van der Waals surface area contributed by atoms with E-state index >= 15 is 0 Å². The summed E-state index contributed by atoms with van der Waals surface area (Å²) in [6, 6.07) is 36.5. The van der Waals surface area contributed by atoms with Crippen LogP contribution in [0.15, 0.2) is 126 Å². The van der Waals surface area contributed by atoms with E-state index < -0.39 is 12.3 Å². The number of benzene rings is 4. The molecule has 6 rings (SSSR count). The molecule has 1 aromatic heterocycles. The van der Waals surface area contributed by atoms with Gasteiger partial charge in [0.15, 0.2) is 6.29 Å². The Morgan fingerprint density at radius 2 is 1.46 bits per heavy atom. The van der Waals surface area contributed by atoms with Crippen LogP contribution in [-0.2, 0) is 29.2 Å². The van der Waals surface area contributed by atoms with E-state index in [1.54, 1.807) is 18.3 Å². The van der Waals surface area contributed by atoms with Gasteiger partial charge in [0, 0.05) is 36.5 Å². The van der Waals surface area contributed by atoms with Crippen molar-refractivity contribution in [3.8, 4) is 11.1 Å². The highest BCUT2D eigenvalue weighted by molar-refractivity contribution is 7.99. The Kier molecular flexibility index (Phi) is 11.6. The molecule has 256 valence electrons. The molecule has 4 N–H and O–H groups in total. The van der Waals surface area contributed by atoms with Gasteiger partial charge in [-0.05, 0) is 51.6 Å². The number of rotatable bonds is 12. The Labute approximate surface area is 295 Å². The number of pyridine rings is 1. The highest BCUT2D eigenvalue weighted by Crippen LogP contribution is 2.43. The maximum absolute atomic E-state index is 12.4. The van der Waals surface area contributed by atoms with Gasteiger partial charge in [-0.2, -0.15) is 0 Å². The van der Waals surface area contributed by atoms with Gasteiger partial charge in [0.2, 0.25) is 0 Å². The van der Waals surface area contributed by atoms with Crippen molar-refractivity contribution in [3.63, 3.8) is 0 Å². The van der Waals surface area contributed by atoms with Crippen LogP contribution in [0.4, 0.5) is 4.79 Å². The van der Waals surface area contributed by atoms with Crippen LogP contribution in [0.2, 0.25) is 0 Å². The number of ether oxygens (including phenoxy) is 2. The monoisotopic (exact) mass is 689 g/mol. The van der Waals surface area contributed by atoms with E-state index in [4.69, 9.17) is 9.47 Å². The largest absolute Gasteiger partial charge is 0.478 e. The quantitative estimate of drug-likeness (QED) is 0.0991. The minimum absolute atomic E-state index is 0.0435. The molecule has 10 heteroatoms. The summed E-state index contributed by atoms with van der Waals surface area (Å²) in [5, 5.41) is 25.5. The summed E-state index contributed by atoms with van der Waals surface area (Å²) >= 11 is 1.36. The summed E-state index contributed by atoms with van der Waals surface area (Å²) in [6.07, 6.45) is 0.345. The molecule has 4 aromatic carbocycles. The predicted molar refractivity (Wildman–Crippen MR) is 192 cm³/mol. The number of nitrogens with one attached hydrogen (secondary N) is 2. The second-order valence-corrected chi connectivity index (χ2v) is 13.1. The number of aliphatic hydroxyl groups excluding tert-OH is 1. The Balaban J connectivity index is 1.15. The van der Waals surface area contributed by atoms with Gasteiger partial charge in [-0.3, -0.25) is 0 Å². The summed E-state index contributed by atoms with van der Waals surface area (Å²) in [6.45, 7) is 2.87. The summed E-state index contributed by atoms with van der Waals surface area (Å²) in [5.74, 6) is -0.605. The third kappa shape index (κ3) is 8.77. The van der Waals surface area contributed by atoms with E-state index in [0.29, 0.717) is 23.9 Å². The van der Waals surface area contributed by atoms with Crippen molar-refractivity contribution < 1.29 is 29.3 Å². The molecular weight excluding hydrogens is 651 g/mol. The number of carbonyl (C=O) groups is 2. The van der Waals surface area contributed by atoms with Gasteiger partial charge >= 0.3 is 12.0 Å². The average Bonchev–Trinajstić information content (AvgIpc) is 3.16. The number of hydrogen-bond donors (Lipinski definition) is 4. The molecule has 1 saturated heterocycles. The zero-order chi connectivity index (χ0) is 34.9. The summed E-state index contributed by atoms with van der Waals surface area (Å²) in [7, 11) is 0. The summed E-state index contributed by atoms with van der Waals surface area (Å²) in [4.78, 5) is 28.5. The molecule has 0 bridgehead atoms. The number of aliphatic hydroxyl groups is 1. The topological polar surface area (TPSA) is 130 Å². The van der Waals surface area contributed by atoms with Crippen LogP contribution in [-0.4, -0.2) is 39.1 Å². The molecule has 50 heavy (non-hydrogen) atoms. The number of carbonyl (C=O) groups excluding carboxylic acids is 1. The smallest absolute Gasteiger partial charge is 0.338 e. The Morgan fingerprint density at radius 3 is 2.18 bits per heavy atom. The first-order valence-corrected chi connectivity index (χ1v) is 17.4. The number of nitrogens with zero attached hydrogens (tertiary/aromatic N) is 1. The molecule has 1 aliphatic rings. The summed E-state index contributed by atoms with van der Waals surface area (Å²) < 4.78 is 13.2. The number of amides is 2. The molecule has 0 aliphatic carbocycles. The van der Waals surface area contributed by atoms with Gasteiger partial charge in [-0.25, -0.2) is 14.6 Å². The molecular formula is C40H39N3O6S. The molecule has 4 atom stereocenters. The highest BCUT2D eigenvalue weighted by Gasteiger charge is 2.38. The standard InChI is InChI=1S/C40H39N3O6S/c1-26-35(25-50-37-34(38(45)46)11-6-20-41-37)48-39(49-36(26)31-14-12-28(24-44)13-15-31)32-18-16-30(17-19-32)33-10-5-9-29(21-33)23-43-40(47)42-22-27-7-3-2-4-8-27/h2-21,26,35-36,39,44H,22-25H2,1H3,(H,45,46)(H2,42,43,47)/t26-,35+,36+,39+/m1/s1. The average molecular weight is 690 g/mol. The molecule has 2 heterocycles. The first-order chi connectivity index (χ1) is 24.4. The Bertz CT molecular complexity index is 1890. The van der Waals surface area contributed by atoms with Crippen molar-refractivity contribution in [3.05, 3.63) is 155 Å². The normalized spacial score (nSPS) is 18.7. The zero-order valence-electron chi connectivity index (χ0n) is 27.6. The van der Waals surface area contributed by atoms with Crippen LogP contribution in [0.1, 0.15) is 57.5 Å². The van der Waals surface area contributed by atoms with E-state index in [-0.39, 0.29) is 36.3 Å². The van der Waals surface area contributed by atoms with Crippen LogP contribution in [0, 0.1) is 5.92 Å². The van der Waals surface area contributed by atoms with E-state index in [0.717, 1.165) is 38.9 Å². The van der Waals surface area contributed by atoms with Crippen molar-refractivity contribution in [2.45, 2.75) is 50.1 Å². The minimum Gasteiger partial charge on any atom is -0.478 e. The van der Waals surface area contributed by atoms with Crippen LogP contribution >= 0.6 is 11.8 Å². The molecule has 5 aromatic rings. The fourth-order valence-corrected chi connectivity index (χ4v) is 7.01. The van der Waals surface area contributed by atoms with Gasteiger partial charge in [0.05, 0.1) is 24.4 Å². The maximum Gasteiger partial charge on any atom is 0.338 e. The van der Waals surface area contributed by atoms with Gasteiger partial charge in [-0.1, -0.05) is 104 Å². The van der Waals surface area contributed by atoms with Crippen molar-refractivity contribution in [2.24, 2.45) is 5.92 Å². The number of urea groups is 1. The molecule has 1 fully saturated rings. The molecule has 0 saturated carbocycles. The second-order valence-electron chi connectivity index (χ2n) is 12.1. The van der Waals surface area contributed by atoms with Gasteiger partial charge < -0.3 is 30.3 Å². The van der Waals surface area contributed by atoms with Gasteiger partial charge in [0.25, 0.3) is 0 Å². The van der Waals surface area contributed by atoms with Crippen LogP contribution < -0.4 is 10.6 Å². The van der Waals surface area contributed by atoms with Crippen LogP contribution in [0.5, 0.6) is 0 Å². The third-order valence-corrected chi connectivity index (χ3v) is 9.80. The van der Waals surface area contributed by atoms with Crippen molar-refractivity contribution in [1.82, 2.24) is 15.6 Å². The first-order valence-electron chi connectivity index (χ1n) is 16.4. The number of aromatic nitrogens is 1. The second kappa shape index (κ2) is 16.6. The maximum atomic E-state index is 12.4. The van der Waals surface area contributed by atoms with Crippen molar-refractivity contribution in [1.29, 1.82) is 0 Å². The third-order valence-electron chi connectivity index (χ3n) is 8.70. The SMILES string of the molecule is C[C@@H]1[C@H](CSc2ncccc2C(=O)O)O[C@H](c2ccc(-c3cccc(CNC(=O)NCc4ccccc4)c3)cc2)O[C@@H]1c1ccc(CO)cc1. The Hall–Kier alpha value is -5.00. The molecule has 0 unspecified atom stereocenters. The van der Waals surface area contributed by atoms with E-state index in [1.165, 1.54) is 11.8 Å². The van der Waals surface area contributed by atoms with Crippen molar-refractivity contribution in [2.75, 3.05) is 5.75 Å². The van der Waals surface area contributed by atoms with Gasteiger partial charge in [-0.15, -0.1) is 11.8 Å². The molecule has 9 nitrogen and oxygen atoms in total. The first kappa shape index (κ1) is 34.8. The summed E-state index contributed by atoms with van der Waals surface area (Å²) in [5.41, 5.74) is 6.83. The lowest BCUT2D eigenvalue weighted by molar-refractivity contribution is -0.268. The van der Waals surface area contributed by atoms with E-state index in [1.807, 2.05) is 97.1 Å². The number of carboxylic acids is 1. The van der Waals surface area contributed by atoms with Crippen LogP contribution in [0.3, 0.4) is 0 Å². The molecule has 1 aliphatic heterocycles. The highest BCUT2D eigenvalue weighted by atomic mass is 32.2. The van der Waals surface area contributed by atoms with Crippen molar-refractivity contribution >= 4 is 23.8 Å². The fraction of sp³-hybridized carbons (Fsp3) is 0.225. The van der Waals surface area contributed by atoms with Crippen LogP contribution in [0.25, 0.3) is 11.1 Å². The number of hydrogen-bond acceptors (Lipinski definition) is 7. The lowest BCUT2D eigenvalue weighted by Gasteiger charge is -2.41.